The van der Waals surface area contributed by atoms with Crippen LogP contribution in [-0.2, 0) is 0 Å². The summed E-state index contributed by atoms with van der Waals surface area (Å²) in [7, 11) is 0. The molecular formula is C5H12N2O3. The van der Waals surface area contributed by atoms with Gasteiger partial charge in [-0.1, -0.05) is 0 Å². The van der Waals surface area contributed by atoms with Crippen molar-refractivity contribution in [3.8, 4) is 0 Å². The largest absolute Gasteiger partial charge is 0.366 e. The van der Waals surface area contributed by atoms with Gasteiger partial charge in [0.2, 0.25) is 0 Å². The summed E-state index contributed by atoms with van der Waals surface area (Å²) in [4.78, 5) is 10.2. The zero-order valence-corrected chi connectivity index (χ0v) is 5.96. The molecule has 0 aromatic heterocycles. The average molecular weight is 148 g/mol. The highest BCUT2D eigenvalue weighted by Crippen LogP contribution is 2.04. The van der Waals surface area contributed by atoms with Gasteiger partial charge in [-0.05, 0) is 13.8 Å². The van der Waals surface area contributed by atoms with Gasteiger partial charge < -0.3 is 21.3 Å². The molecule has 0 aliphatic heterocycles. The van der Waals surface area contributed by atoms with Crippen molar-refractivity contribution in [2.24, 2.45) is 5.73 Å². The van der Waals surface area contributed by atoms with Crippen LogP contribution in [0.4, 0.5) is 4.79 Å². The zero-order valence-electron chi connectivity index (χ0n) is 5.96. The number of aliphatic hydroxyl groups excluding tert-OH is 1. The summed E-state index contributed by atoms with van der Waals surface area (Å²) in [6.45, 7) is 2.89. The van der Waals surface area contributed by atoms with Crippen LogP contribution in [0.25, 0.3) is 0 Å². The van der Waals surface area contributed by atoms with Crippen molar-refractivity contribution in [3.63, 3.8) is 0 Å². The first kappa shape index (κ1) is 9.19. The van der Waals surface area contributed by atoms with E-state index < -0.39 is 17.9 Å². The molecule has 0 saturated carbocycles. The predicted molar refractivity (Wildman–Crippen MR) is 35.0 cm³/mol. The van der Waals surface area contributed by atoms with Crippen LogP contribution in [-0.4, -0.2) is 28.1 Å². The first-order chi connectivity index (χ1) is 4.36. The summed E-state index contributed by atoms with van der Waals surface area (Å²) >= 11 is 0. The molecule has 60 valence electrons. The van der Waals surface area contributed by atoms with Crippen molar-refractivity contribution in [1.82, 2.24) is 5.32 Å². The Labute approximate surface area is 58.8 Å². The number of aliphatic hydroxyl groups is 2. The quantitative estimate of drug-likeness (QED) is 0.368. The van der Waals surface area contributed by atoms with Crippen LogP contribution < -0.4 is 11.1 Å². The molecular weight excluding hydrogens is 136 g/mol. The molecule has 0 unspecified atom stereocenters. The number of carbonyl (C=O) groups excluding carboxylic acids is 1. The molecule has 10 heavy (non-hydrogen) atoms. The van der Waals surface area contributed by atoms with Crippen LogP contribution in [0.1, 0.15) is 13.8 Å². The molecule has 0 aliphatic rings. The van der Waals surface area contributed by atoms with Gasteiger partial charge >= 0.3 is 6.03 Å². The smallest absolute Gasteiger partial charge is 0.312 e. The Balaban J connectivity index is 3.99. The topological polar surface area (TPSA) is 95.6 Å². The highest BCUT2D eigenvalue weighted by atomic mass is 16.5. The Morgan fingerprint density at radius 3 is 2.10 bits per heavy atom. The average Bonchev–Trinajstić information content (AvgIpc) is 1.60. The van der Waals surface area contributed by atoms with E-state index in [2.05, 4.69) is 5.32 Å². The Kier molecular flexibility index (Phi) is 2.62. The maximum atomic E-state index is 10.2. The Morgan fingerprint density at radius 1 is 1.60 bits per heavy atom. The maximum absolute atomic E-state index is 10.2. The summed E-state index contributed by atoms with van der Waals surface area (Å²) in [6, 6.07) is -0.780. The van der Waals surface area contributed by atoms with Crippen LogP contribution in [0.2, 0.25) is 0 Å². The van der Waals surface area contributed by atoms with Crippen molar-refractivity contribution in [1.29, 1.82) is 0 Å². The van der Waals surface area contributed by atoms with Crippen molar-refractivity contribution in [3.05, 3.63) is 0 Å². The number of urea groups is 1. The third kappa shape index (κ3) is 2.65. The molecule has 5 nitrogen and oxygen atoms in total. The molecule has 0 radical (unpaired) electrons. The van der Waals surface area contributed by atoms with E-state index >= 15 is 0 Å². The van der Waals surface area contributed by atoms with Gasteiger partial charge in [0.05, 0.1) is 5.54 Å². The summed E-state index contributed by atoms with van der Waals surface area (Å²) in [5.41, 5.74) is 3.65. The lowest BCUT2D eigenvalue weighted by Crippen LogP contribution is -2.53. The second kappa shape index (κ2) is 2.85. The molecule has 0 aliphatic carbocycles. The Hall–Kier alpha value is -0.810. The summed E-state index contributed by atoms with van der Waals surface area (Å²) in [5.74, 6) is 0. The first-order valence-corrected chi connectivity index (χ1v) is 2.80. The monoisotopic (exact) mass is 148 g/mol. The van der Waals surface area contributed by atoms with E-state index in [1.165, 1.54) is 13.8 Å². The van der Waals surface area contributed by atoms with Crippen molar-refractivity contribution in [2.45, 2.75) is 25.7 Å². The molecule has 0 atom stereocenters. The minimum Gasteiger partial charge on any atom is -0.366 e. The maximum Gasteiger partial charge on any atom is 0.312 e. The van der Waals surface area contributed by atoms with Crippen LogP contribution in [0.3, 0.4) is 0 Å². The van der Waals surface area contributed by atoms with Gasteiger partial charge in [-0.25, -0.2) is 4.79 Å². The van der Waals surface area contributed by atoms with Gasteiger partial charge in [-0.2, -0.15) is 0 Å². The lowest BCUT2D eigenvalue weighted by atomic mass is 10.1. The third-order valence-corrected chi connectivity index (χ3v) is 1.09. The van der Waals surface area contributed by atoms with Gasteiger partial charge in [0, 0.05) is 0 Å². The van der Waals surface area contributed by atoms with Gasteiger partial charge in [-0.15, -0.1) is 0 Å². The number of amides is 2. The molecule has 0 heterocycles. The summed E-state index contributed by atoms with van der Waals surface area (Å²) in [6.07, 6.45) is -1.61. The highest BCUT2D eigenvalue weighted by Gasteiger charge is 2.26. The van der Waals surface area contributed by atoms with Crippen LogP contribution in [0, 0.1) is 0 Å². The molecule has 5 heteroatoms. The van der Waals surface area contributed by atoms with Crippen LogP contribution in [0.5, 0.6) is 0 Å². The molecule has 0 aromatic rings. The van der Waals surface area contributed by atoms with Gasteiger partial charge in [0.15, 0.2) is 6.29 Å². The number of nitrogens with one attached hydrogen (secondary N) is 1. The van der Waals surface area contributed by atoms with Crippen molar-refractivity contribution < 1.29 is 15.0 Å². The number of primary amides is 1. The molecule has 0 bridgehead atoms. The molecule has 0 aromatic carbocycles. The third-order valence-electron chi connectivity index (χ3n) is 1.09. The van der Waals surface area contributed by atoms with E-state index in [1.807, 2.05) is 0 Å². The lowest BCUT2D eigenvalue weighted by Gasteiger charge is -2.26. The Bertz CT molecular complexity index is 133. The zero-order chi connectivity index (χ0) is 8.36. The number of hydrogen-bond acceptors (Lipinski definition) is 3. The van der Waals surface area contributed by atoms with E-state index in [0.717, 1.165) is 0 Å². The minimum atomic E-state index is -1.61. The van der Waals surface area contributed by atoms with E-state index in [0.29, 0.717) is 0 Å². The lowest BCUT2D eigenvalue weighted by molar-refractivity contribution is -0.0926. The Morgan fingerprint density at radius 2 is 2.00 bits per heavy atom. The second-order valence-electron chi connectivity index (χ2n) is 2.58. The van der Waals surface area contributed by atoms with E-state index in [-0.39, 0.29) is 0 Å². The molecule has 2 amide bonds. The van der Waals surface area contributed by atoms with Crippen LogP contribution in [0.15, 0.2) is 0 Å². The van der Waals surface area contributed by atoms with E-state index in [1.54, 1.807) is 0 Å². The predicted octanol–water partition coefficient (Wildman–Crippen LogP) is -1.26. The fourth-order valence-corrected chi connectivity index (χ4v) is 0.382. The van der Waals surface area contributed by atoms with Crippen molar-refractivity contribution in [2.75, 3.05) is 0 Å². The fraction of sp³-hybridized carbons (Fsp3) is 0.800. The molecule has 0 saturated heterocycles. The SMILES string of the molecule is CC(C)(NC(N)=O)C(O)O. The number of rotatable bonds is 2. The second-order valence-corrected chi connectivity index (χ2v) is 2.58. The molecule has 0 spiro atoms. The molecule has 5 N–H and O–H groups in total. The van der Waals surface area contributed by atoms with Crippen molar-refractivity contribution >= 4 is 6.03 Å². The summed E-state index contributed by atoms with van der Waals surface area (Å²) in [5, 5.41) is 19.4. The van der Waals surface area contributed by atoms with Gasteiger partial charge in [0.25, 0.3) is 0 Å². The van der Waals surface area contributed by atoms with Crippen LogP contribution >= 0.6 is 0 Å². The number of nitrogens with two attached hydrogens (primary N) is 1. The standard InChI is InChI=1S/C5H12N2O3/c1-5(2,3(8)9)7-4(6)10/h3,8-9H,1-2H3,(H3,6,7,10). The van der Waals surface area contributed by atoms with E-state index in [4.69, 9.17) is 15.9 Å². The van der Waals surface area contributed by atoms with Gasteiger partial charge in [-0.3, -0.25) is 0 Å². The van der Waals surface area contributed by atoms with E-state index in [9.17, 15) is 4.79 Å². The fourth-order valence-electron chi connectivity index (χ4n) is 0.382. The first-order valence-electron chi connectivity index (χ1n) is 2.80. The number of carbonyl (C=O) groups is 1. The number of hydrogen-bond donors (Lipinski definition) is 4. The van der Waals surface area contributed by atoms with Gasteiger partial charge in [0.1, 0.15) is 0 Å². The normalized spacial score (nSPS) is 11.7. The minimum absolute atomic E-state index is 0.780. The highest BCUT2D eigenvalue weighted by molar-refractivity contribution is 5.72. The molecule has 0 fully saturated rings. The molecule has 0 rings (SSSR count). The summed E-state index contributed by atoms with van der Waals surface area (Å²) < 4.78 is 0.